The molecule has 6 heterocycles. The van der Waals surface area contributed by atoms with Crippen molar-refractivity contribution in [3.05, 3.63) is 84.0 Å². The minimum absolute atomic E-state index is 0.0334. The Morgan fingerprint density at radius 2 is 0.766 bits per heavy atom. The van der Waals surface area contributed by atoms with Crippen molar-refractivity contribution in [3.8, 4) is 0 Å². The maximum atomic E-state index is 13.8. The van der Waals surface area contributed by atoms with Crippen molar-refractivity contribution in [1.29, 1.82) is 0 Å². The second-order valence-corrected chi connectivity index (χ2v) is 18.8. The van der Waals surface area contributed by atoms with Crippen LogP contribution in [0.2, 0.25) is 0 Å². The van der Waals surface area contributed by atoms with Gasteiger partial charge in [0.15, 0.2) is 23.3 Å². The molecule has 0 spiro atoms. The molecule has 0 bridgehead atoms. The molecule has 0 fully saturated rings. The van der Waals surface area contributed by atoms with E-state index in [4.69, 9.17) is 0 Å². The van der Waals surface area contributed by atoms with E-state index in [1.54, 1.807) is 74.2 Å². The van der Waals surface area contributed by atoms with Crippen molar-refractivity contribution in [2.24, 2.45) is 28.2 Å². The third kappa shape index (κ3) is 16.0. The average Bonchev–Trinajstić information content (AvgIpc) is 4.24. The van der Waals surface area contributed by atoms with Gasteiger partial charge in [-0.25, -0.2) is 19.9 Å². The van der Waals surface area contributed by atoms with Crippen molar-refractivity contribution in [2.75, 3.05) is 86.3 Å². The first-order valence-electron chi connectivity index (χ1n) is 24.9. The maximum Gasteiger partial charge on any atom is 0.291 e. The standard InChI is InChI=1S/C49H68N20O8/c1-62(2)20-16-50-46(74)40-58-38(28-66(40)7)60-44(72)34-22-32(54-48(76)42-56-36(52-30-70)26-64(42)5)24-68(34)18-14-12-10-9-11-13-15-19-69-25-33(55-49(77)43-57-37(53-31-71)27-65(43)6)23-35(69)45(73)61-39-29-67(8)41(59-39)47(75)51-17-21-63(3)4/h22-31H,9-21H2,1-8H3,(H,50,74)(H,51,75)(H,52,70)(H,53,71)(H,54,76)(H,55,77)(H,60,72)(H,61,73). The van der Waals surface area contributed by atoms with E-state index >= 15 is 0 Å². The molecule has 28 heteroatoms. The number of aryl methyl sites for hydroxylation is 6. The fourth-order valence-corrected chi connectivity index (χ4v) is 8.13. The van der Waals surface area contributed by atoms with Crippen LogP contribution in [0.3, 0.4) is 0 Å². The highest BCUT2D eigenvalue weighted by Gasteiger charge is 2.23. The number of likely N-dealkylation sites (N-methyl/N-ethyl adjacent to an activating group) is 2. The number of carbonyl (C=O) groups is 8. The Morgan fingerprint density at radius 3 is 1.12 bits per heavy atom. The van der Waals surface area contributed by atoms with Gasteiger partial charge >= 0.3 is 0 Å². The Kier molecular flexibility index (Phi) is 20.1. The van der Waals surface area contributed by atoms with Gasteiger partial charge in [-0.3, -0.25) is 38.4 Å². The Morgan fingerprint density at radius 1 is 0.442 bits per heavy atom. The second-order valence-electron chi connectivity index (χ2n) is 18.8. The van der Waals surface area contributed by atoms with Crippen molar-refractivity contribution in [2.45, 2.75) is 58.0 Å². The molecule has 0 atom stereocenters. The highest BCUT2D eigenvalue weighted by atomic mass is 16.2. The zero-order chi connectivity index (χ0) is 55.8. The van der Waals surface area contributed by atoms with Crippen LogP contribution in [0.1, 0.15) is 108 Å². The number of aromatic nitrogens is 10. The van der Waals surface area contributed by atoms with Gasteiger partial charge in [0, 0.05) is 105 Å². The molecule has 6 aromatic heterocycles. The smallest absolute Gasteiger partial charge is 0.291 e. The molecule has 412 valence electrons. The van der Waals surface area contributed by atoms with Crippen molar-refractivity contribution in [3.63, 3.8) is 0 Å². The first-order valence-corrected chi connectivity index (χ1v) is 24.9. The van der Waals surface area contributed by atoms with Crippen LogP contribution in [0.4, 0.5) is 34.6 Å². The van der Waals surface area contributed by atoms with Crippen LogP contribution in [0.15, 0.2) is 49.3 Å². The summed E-state index contributed by atoms with van der Waals surface area (Å²) in [4.78, 5) is 123. The number of nitrogens with zero attached hydrogens (tertiary/aromatic N) is 12. The van der Waals surface area contributed by atoms with E-state index < -0.39 is 23.6 Å². The SMILES string of the molecule is CN(C)CCNC(=O)c1nc(NC(=O)c2cc(NC(=O)c3nc(NC=O)cn3C)cn2CCCCCCCCCn2cc(NC(=O)c3nc(NC=O)cn3C)cc2C(=O)Nc2cn(C)c(C(=O)NCCN(C)C)n2)cn1C. The molecule has 6 rings (SSSR count). The van der Waals surface area contributed by atoms with Crippen molar-refractivity contribution >= 4 is 82.9 Å². The molecule has 77 heavy (non-hydrogen) atoms. The predicted molar refractivity (Wildman–Crippen MR) is 287 cm³/mol. The van der Waals surface area contributed by atoms with Gasteiger partial charge in [-0.2, -0.15) is 0 Å². The predicted octanol–water partition coefficient (Wildman–Crippen LogP) is 2.38. The number of nitrogens with one attached hydrogen (secondary N) is 8. The fourth-order valence-electron chi connectivity index (χ4n) is 8.13. The van der Waals surface area contributed by atoms with Gasteiger partial charge in [0.25, 0.3) is 35.4 Å². The highest BCUT2D eigenvalue weighted by Crippen LogP contribution is 2.22. The van der Waals surface area contributed by atoms with Crippen LogP contribution in [-0.4, -0.2) is 160 Å². The number of imidazole rings is 4. The van der Waals surface area contributed by atoms with Crippen LogP contribution in [0.5, 0.6) is 0 Å². The summed E-state index contributed by atoms with van der Waals surface area (Å²) in [5.74, 6) is -1.87. The summed E-state index contributed by atoms with van der Waals surface area (Å²) in [6.45, 7) is 2.97. The number of hydrogen-bond acceptors (Lipinski definition) is 14. The van der Waals surface area contributed by atoms with E-state index in [2.05, 4.69) is 62.5 Å². The van der Waals surface area contributed by atoms with Gasteiger partial charge in [-0.05, 0) is 53.2 Å². The molecule has 0 aliphatic heterocycles. The Hall–Kier alpha value is -8.92. The van der Waals surface area contributed by atoms with Crippen molar-refractivity contribution in [1.82, 2.24) is 67.8 Å². The Bertz CT molecular complexity index is 2860. The topological polar surface area (TPSA) is 320 Å². The normalized spacial score (nSPS) is 11.1. The number of amides is 8. The lowest BCUT2D eigenvalue weighted by Crippen LogP contribution is -2.32. The largest absolute Gasteiger partial charge is 0.348 e. The van der Waals surface area contributed by atoms with Gasteiger partial charge in [0.2, 0.25) is 36.1 Å². The molecule has 0 aliphatic carbocycles. The summed E-state index contributed by atoms with van der Waals surface area (Å²) in [6, 6.07) is 3.09. The van der Waals surface area contributed by atoms with E-state index in [0.29, 0.717) is 76.3 Å². The van der Waals surface area contributed by atoms with Gasteiger partial charge in [0.1, 0.15) is 11.4 Å². The molecule has 0 saturated heterocycles. The first kappa shape index (κ1) is 57.4. The van der Waals surface area contributed by atoms with E-state index in [1.165, 1.54) is 30.7 Å². The lowest BCUT2D eigenvalue weighted by molar-refractivity contribution is -0.106. The summed E-state index contributed by atoms with van der Waals surface area (Å²) in [5.41, 5.74) is 1.16. The van der Waals surface area contributed by atoms with Crippen LogP contribution in [0.25, 0.3) is 0 Å². The lowest BCUT2D eigenvalue weighted by atomic mass is 10.1. The summed E-state index contributed by atoms with van der Waals surface area (Å²) in [7, 11) is 14.1. The average molecular weight is 1070 g/mol. The molecular formula is C49H68N20O8. The van der Waals surface area contributed by atoms with Crippen LogP contribution >= 0.6 is 0 Å². The molecule has 0 unspecified atom stereocenters. The number of anilines is 6. The number of rotatable bonds is 30. The number of carbonyl (C=O) groups excluding carboxylic acids is 8. The van der Waals surface area contributed by atoms with Crippen LogP contribution in [-0.2, 0) is 50.9 Å². The molecule has 8 amide bonds. The Balaban J connectivity index is 1.06. The summed E-state index contributed by atoms with van der Waals surface area (Å²) in [6.07, 6.45) is 16.1. The molecule has 0 aliphatic rings. The number of hydrogen-bond donors (Lipinski definition) is 8. The van der Waals surface area contributed by atoms with E-state index in [1.807, 2.05) is 38.0 Å². The minimum atomic E-state index is -0.560. The van der Waals surface area contributed by atoms with E-state index in [9.17, 15) is 38.4 Å². The molecule has 0 saturated carbocycles. The zero-order valence-corrected chi connectivity index (χ0v) is 44.6. The van der Waals surface area contributed by atoms with Gasteiger partial charge in [-0.1, -0.05) is 32.1 Å². The van der Waals surface area contributed by atoms with Gasteiger partial charge in [-0.15, -0.1) is 0 Å². The molecule has 0 radical (unpaired) electrons. The maximum absolute atomic E-state index is 13.8. The third-order valence-corrected chi connectivity index (χ3v) is 12.0. The highest BCUT2D eigenvalue weighted by molar-refractivity contribution is 6.07. The van der Waals surface area contributed by atoms with Gasteiger partial charge < -0.3 is 79.7 Å². The molecule has 8 N–H and O–H groups in total. The van der Waals surface area contributed by atoms with Crippen molar-refractivity contribution < 1.29 is 38.4 Å². The zero-order valence-electron chi connectivity index (χ0n) is 44.6. The summed E-state index contributed by atoms with van der Waals surface area (Å²) >= 11 is 0. The van der Waals surface area contributed by atoms with Crippen LogP contribution < -0.4 is 42.5 Å². The Labute approximate surface area is 444 Å². The molecule has 28 nitrogen and oxygen atoms in total. The fraction of sp³-hybridized carbons (Fsp3) is 0.429. The second kappa shape index (κ2) is 27.0. The van der Waals surface area contributed by atoms with E-state index in [0.717, 1.165) is 32.1 Å². The molecule has 6 aromatic rings. The summed E-state index contributed by atoms with van der Waals surface area (Å²) in [5, 5.41) is 21.7. The lowest BCUT2D eigenvalue weighted by Gasteiger charge is -2.10. The van der Waals surface area contributed by atoms with Crippen LogP contribution in [0, 0.1) is 0 Å². The summed E-state index contributed by atoms with van der Waals surface area (Å²) < 4.78 is 9.47. The first-order chi connectivity index (χ1) is 36.8. The quantitative estimate of drug-likeness (QED) is 0.0237. The monoisotopic (exact) mass is 1060 g/mol. The minimum Gasteiger partial charge on any atom is -0.348 e. The molecular weight excluding hydrogens is 997 g/mol. The van der Waals surface area contributed by atoms with E-state index in [-0.39, 0.29) is 69.8 Å². The van der Waals surface area contributed by atoms with Gasteiger partial charge in [0.05, 0.1) is 11.4 Å². The molecule has 0 aromatic carbocycles. The number of unbranched alkanes of at least 4 members (excludes halogenated alkanes) is 6. The third-order valence-electron chi connectivity index (χ3n) is 12.0.